The summed E-state index contributed by atoms with van der Waals surface area (Å²) in [4.78, 5) is 17.1. The fourth-order valence-corrected chi connectivity index (χ4v) is 3.34. The van der Waals surface area contributed by atoms with Crippen LogP contribution in [0.15, 0.2) is 41.8 Å². The summed E-state index contributed by atoms with van der Waals surface area (Å²) in [7, 11) is 3.19. The number of carbonyl (C=O) groups is 1. The van der Waals surface area contributed by atoms with Crippen molar-refractivity contribution in [2.24, 2.45) is 0 Å². The van der Waals surface area contributed by atoms with E-state index in [1.807, 2.05) is 55.6 Å². The number of carbonyl (C=O) groups excluding carboxylic acids is 1. The molecule has 0 bridgehead atoms. The van der Waals surface area contributed by atoms with Gasteiger partial charge in [-0.1, -0.05) is 12.1 Å². The van der Waals surface area contributed by atoms with Gasteiger partial charge in [0.15, 0.2) is 16.6 Å². The van der Waals surface area contributed by atoms with Crippen molar-refractivity contribution < 1.29 is 14.3 Å². The minimum atomic E-state index is -0.153. The van der Waals surface area contributed by atoms with Crippen LogP contribution in [0.5, 0.6) is 11.5 Å². The first-order chi connectivity index (χ1) is 12.5. The van der Waals surface area contributed by atoms with E-state index in [4.69, 9.17) is 9.47 Å². The minimum absolute atomic E-state index is 0.153. The van der Waals surface area contributed by atoms with Gasteiger partial charge in [-0.15, -0.1) is 11.3 Å². The van der Waals surface area contributed by atoms with Gasteiger partial charge in [0.25, 0.3) is 5.91 Å². The van der Waals surface area contributed by atoms with Gasteiger partial charge in [0.05, 0.1) is 19.9 Å². The molecule has 0 unspecified atom stereocenters. The summed E-state index contributed by atoms with van der Waals surface area (Å²) >= 11 is 1.39. The molecule has 134 valence electrons. The zero-order chi connectivity index (χ0) is 18.7. The molecule has 1 heterocycles. The Hall–Kier alpha value is -2.86. The summed E-state index contributed by atoms with van der Waals surface area (Å²) in [6.07, 6.45) is 0. The van der Waals surface area contributed by atoms with E-state index in [9.17, 15) is 4.79 Å². The maximum atomic E-state index is 12.5. The quantitative estimate of drug-likeness (QED) is 0.709. The van der Waals surface area contributed by atoms with Gasteiger partial charge >= 0.3 is 0 Å². The van der Waals surface area contributed by atoms with Crippen LogP contribution in [-0.4, -0.2) is 25.1 Å². The maximum absolute atomic E-state index is 12.5. The van der Waals surface area contributed by atoms with E-state index >= 15 is 0 Å². The first-order valence-corrected chi connectivity index (χ1v) is 8.97. The fraction of sp³-hybridized carbons (Fsp3) is 0.200. The number of hydrogen-bond acceptors (Lipinski definition) is 5. The van der Waals surface area contributed by atoms with Crippen LogP contribution >= 0.6 is 11.3 Å². The Kier molecular flexibility index (Phi) is 5.23. The van der Waals surface area contributed by atoms with Crippen molar-refractivity contribution in [3.8, 4) is 22.8 Å². The molecule has 1 amide bonds. The fourth-order valence-electron chi connectivity index (χ4n) is 2.62. The summed E-state index contributed by atoms with van der Waals surface area (Å²) in [5.41, 5.74) is 4.38. The number of methoxy groups -OCH3 is 2. The van der Waals surface area contributed by atoms with Crippen LogP contribution in [-0.2, 0) is 0 Å². The van der Waals surface area contributed by atoms with Gasteiger partial charge in [-0.3, -0.25) is 10.1 Å². The SMILES string of the molecule is COc1ccc(-c2csc(NC(=O)c3cccc(C)c3C)n2)cc1OC. The summed E-state index contributed by atoms with van der Waals surface area (Å²) in [5.74, 6) is 1.15. The first kappa shape index (κ1) is 17.9. The standard InChI is InChI=1S/C20H20N2O3S/c1-12-6-5-7-15(13(12)2)19(23)22-20-21-16(11-26-20)14-8-9-17(24-3)18(10-14)25-4/h5-11H,1-4H3,(H,21,22,23). The van der Waals surface area contributed by atoms with Gasteiger partial charge in [0.1, 0.15) is 0 Å². The lowest BCUT2D eigenvalue weighted by molar-refractivity contribution is 0.102. The Morgan fingerprint density at radius 3 is 2.58 bits per heavy atom. The molecular formula is C20H20N2O3S. The Balaban J connectivity index is 1.82. The molecule has 0 aliphatic carbocycles. The van der Waals surface area contributed by atoms with Crippen LogP contribution in [0, 0.1) is 13.8 Å². The van der Waals surface area contributed by atoms with Crippen molar-refractivity contribution >= 4 is 22.4 Å². The number of hydrogen-bond donors (Lipinski definition) is 1. The molecule has 0 atom stereocenters. The molecule has 6 heteroatoms. The number of anilines is 1. The Morgan fingerprint density at radius 2 is 1.85 bits per heavy atom. The van der Waals surface area contributed by atoms with Crippen molar-refractivity contribution in [3.63, 3.8) is 0 Å². The van der Waals surface area contributed by atoms with Crippen LogP contribution in [0.4, 0.5) is 5.13 Å². The van der Waals surface area contributed by atoms with Gasteiger partial charge in [0.2, 0.25) is 0 Å². The molecule has 0 fully saturated rings. The molecule has 0 saturated carbocycles. The molecule has 1 aromatic heterocycles. The third-order valence-electron chi connectivity index (χ3n) is 4.25. The highest BCUT2D eigenvalue weighted by Gasteiger charge is 2.14. The molecule has 0 aliphatic rings. The average molecular weight is 368 g/mol. The Labute approximate surface area is 156 Å². The minimum Gasteiger partial charge on any atom is -0.493 e. The normalized spacial score (nSPS) is 10.5. The average Bonchev–Trinajstić information content (AvgIpc) is 3.11. The van der Waals surface area contributed by atoms with Gasteiger partial charge in [-0.2, -0.15) is 0 Å². The Bertz CT molecular complexity index is 950. The number of aryl methyl sites for hydroxylation is 1. The molecule has 1 N–H and O–H groups in total. The number of ether oxygens (including phenoxy) is 2. The first-order valence-electron chi connectivity index (χ1n) is 8.09. The number of amides is 1. The van der Waals surface area contributed by atoms with E-state index < -0.39 is 0 Å². The van der Waals surface area contributed by atoms with E-state index in [0.717, 1.165) is 22.4 Å². The van der Waals surface area contributed by atoms with Crippen LogP contribution in [0.3, 0.4) is 0 Å². The van der Waals surface area contributed by atoms with Crippen molar-refractivity contribution in [3.05, 3.63) is 58.5 Å². The number of benzene rings is 2. The predicted molar refractivity (Wildman–Crippen MR) is 105 cm³/mol. The zero-order valence-corrected chi connectivity index (χ0v) is 15.9. The lowest BCUT2D eigenvalue weighted by atomic mass is 10.0. The highest BCUT2D eigenvalue weighted by molar-refractivity contribution is 7.14. The van der Waals surface area contributed by atoms with E-state index in [1.165, 1.54) is 11.3 Å². The smallest absolute Gasteiger partial charge is 0.257 e. The summed E-state index contributed by atoms with van der Waals surface area (Å²) in [6.45, 7) is 3.94. The van der Waals surface area contributed by atoms with Crippen molar-refractivity contribution in [2.45, 2.75) is 13.8 Å². The molecular weight excluding hydrogens is 348 g/mol. The number of nitrogens with one attached hydrogen (secondary N) is 1. The molecule has 0 radical (unpaired) electrons. The van der Waals surface area contributed by atoms with E-state index in [0.29, 0.717) is 22.2 Å². The number of thiazole rings is 1. The maximum Gasteiger partial charge on any atom is 0.257 e. The monoisotopic (exact) mass is 368 g/mol. The highest BCUT2D eigenvalue weighted by atomic mass is 32.1. The molecule has 0 saturated heterocycles. The molecule has 2 aromatic carbocycles. The largest absolute Gasteiger partial charge is 0.493 e. The van der Waals surface area contributed by atoms with Crippen LogP contribution < -0.4 is 14.8 Å². The summed E-state index contributed by atoms with van der Waals surface area (Å²) in [6, 6.07) is 11.3. The Morgan fingerprint density at radius 1 is 1.08 bits per heavy atom. The second kappa shape index (κ2) is 7.58. The van der Waals surface area contributed by atoms with Gasteiger partial charge < -0.3 is 9.47 Å². The van der Waals surface area contributed by atoms with Crippen molar-refractivity contribution in [1.82, 2.24) is 4.98 Å². The molecule has 5 nitrogen and oxygen atoms in total. The van der Waals surface area contributed by atoms with Crippen molar-refractivity contribution in [2.75, 3.05) is 19.5 Å². The molecule has 3 aromatic rings. The number of aromatic nitrogens is 1. The second-order valence-corrected chi connectivity index (χ2v) is 6.67. The zero-order valence-electron chi connectivity index (χ0n) is 15.1. The molecule has 26 heavy (non-hydrogen) atoms. The number of rotatable bonds is 5. The van der Waals surface area contributed by atoms with Gasteiger partial charge in [0, 0.05) is 16.5 Å². The van der Waals surface area contributed by atoms with Crippen LogP contribution in [0.25, 0.3) is 11.3 Å². The van der Waals surface area contributed by atoms with E-state index in [2.05, 4.69) is 10.3 Å². The van der Waals surface area contributed by atoms with Crippen LogP contribution in [0.2, 0.25) is 0 Å². The van der Waals surface area contributed by atoms with E-state index in [-0.39, 0.29) is 5.91 Å². The number of nitrogens with zero attached hydrogens (tertiary/aromatic N) is 1. The molecule has 0 spiro atoms. The third-order valence-corrected chi connectivity index (χ3v) is 5.01. The summed E-state index contributed by atoms with van der Waals surface area (Å²) < 4.78 is 10.6. The molecule has 0 aliphatic heterocycles. The molecule has 3 rings (SSSR count). The van der Waals surface area contributed by atoms with E-state index in [1.54, 1.807) is 14.2 Å². The summed E-state index contributed by atoms with van der Waals surface area (Å²) in [5, 5.41) is 5.34. The topological polar surface area (TPSA) is 60.5 Å². The highest BCUT2D eigenvalue weighted by Crippen LogP contribution is 2.33. The second-order valence-electron chi connectivity index (χ2n) is 5.81. The predicted octanol–water partition coefficient (Wildman–Crippen LogP) is 4.70. The van der Waals surface area contributed by atoms with Gasteiger partial charge in [-0.25, -0.2) is 4.98 Å². The van der Waals surface area contributed by atoms with Gasteiger partial charge in [-0.05, 0) is 49.2 Å². The van der Waals surface area contributed by atoms with Crippen molar-refractivity contribution in [1.29, 1.82) is 0 Å². The lowest BCUT2D eigenvalue weighted by Crippen LogP contribution is -2.13. The van der Waals surface area contributed by atoms with Crippen LogP contribution in [0.1, 0.15) is 21.5 Å². The lowest BCUT2D eigenvalue weighted by Gasteiger charge is -2.08. The third kappa shape index (κ3) is 3.55.